The fraction of sp³-hybridized carbons (Fsp3) is 0.0833. The van der Waals surface area contributed by atoms with Crippen LogP contribution in [-0.4, -0.2) is 0 Å². The standard InChI is InChI=1S/C12H9.C11H9.CH4.2Y/c1-2-3-4-6-9-12-10-7-5-8-11-12;1-2-4-6-8-10-11-9-7-5-3-1;;;/h1-5,7-10H;1-3,6-8,10H,9H2;1H4;;/q2*-3;;2*+3. The van der Waals surface area contributed by atoms with Crippen molar-refractivity contribution in [3.8, 4) is 0 Å². The first kappa shape index (κ1) is 30.1. The van der Waals surface area contributed by atoms with Gasteiger partial charge in [0.15, 0.2) is 0 Å². The summed E-state index contributed by atoms with van der Waals surface area (Å²) in [7, 11) is 0. The third kappa shape index (κ3) is 19.7. The van der Waals surface area contributed by atoms with Crippen molar-refractivity contribution >= 4 is 6.08 Å². The van der Waals surface area contributed by atoms with Crippen molar-refractivity contribution in [2.24, 2.45) is 0 Å². The van der Waals surface area contributed by atoms with Gasteiger partial charge in [-0.15, -0.1) is 12.5 Å². The van der Waals surface area contributed by atoms with Gasteiger partial charge in [0.25, 0.3) is 0 Å². The van der Waals surface area contributed by atoms with Crippen molar-refractivity contribution in [2.75, 3.05) is 0 Å². The zero-order valence-corrected chi connectivity index (χ0v) is 19.8. The van der Waals surface area contributed by atoms with Crippen molar-refractivity contribution in [1.82, 2.24) is 0 Å². The van der Waals surface area contributed by atoms with Crippen LogP contribution in [0.3, 0.4) is 0 Å². The summed E-state index contributed by atoms with van der Waals surface area (Å²) in [6.45, 7) is 5.13. The Hall–Kier alpha value is -0.652. The smallest absolute Gasteiger partial charge is 0.287 e. The van der Waals surface area contributed by atoms with Crippen LogP contribution in [0.1, 0.15) is 19.4 Å². The molecular weight excluding hydrogens is 466 g/mol. The number of rotatable bonds is 3. The van der Waals surface area contributed by atoms with Gasteiger partial charge in [-0.05, 0) is 0 Å². The zero-order valence-electron chi connectivity index (χ0n) is 14.1. The molecule has 1 aromatic carbocycles. The van der Waals surface area contributed by atoms with E-state index < -0.39 is 0 Å². The average molecular weight is 488 g/mol. The maximum atomic E-state index is 5.13. The fourth-order valence-electron chi connectivity index (χ4n) is 1.39. The quantitative estimate of drug-likeness (QED) is 0.359. The van der Waals surface area contributed by atoms with Crippen LogP contribution in [0.25, 0.3) is 6.08 Å². The van der Waals surface area contributed by atoms with E-state index in [4.69, 9.17) is 6.58 Å². The molecule has 0 atom stereocenters. The molecular formula is C24H22Y2. The molecule has 0 aliphatic heterocycles. The molecule has 0 amide bonds. The molecule has 0 radical (unpaired) electrons. The van der Waals surface area contributed by atoms with E-state index in [-0.39, 0.29) is 72.8 Å². The Morgan fingerprint density at radius 2 is 1.81 bits per heavy atom. The Labute approximate surface area is 210 Å². The van der Waals surface area contributed by atoms with Crippen LogP contribution in [-0.2, 0) is 65.4 Å². The van der Waals surface area contributed by atoms with Gasteiger partial charge in [-0.3, -0.25) is 30.4 Å². The summed E-state index contributed by atoms with van der Waals surface area (Å²) in [5.74, 6) is 0. The Bertz CT molecular complexity index is 603. The Balaban J connectivity index is -0.000000366. The van der Waals surface area contributed by atoms with E-state index in [2.05, 4.69) is 30.4 Å². The van der Waals surface area contributed by atoms with Crippen molar-refractivity contribution in [1.29, 1.82) is 0 Å². The van der Waals surface area contributed by atoms with Crippen LogP contribution >= 0.6 is 0 Å². The van der Waals surface area contributed by atoms with E-state index in [9.17, 15) is 0 Å². The van der Waals surface area contributed by atoms with Gasteiger partial charge in [0.05, 0.1) is 0 Å². The molecule has 2 rings (SSSR count). The van der Waals surface area contributed by atoms with E-state index in [1.54, 1.807) is 12.2 Å². The van der Waals surface area contributed by atoms with Gasteiger partial charge in [0.1, 0.15) is 0 Å². The molecule has 0 aromatic heterocycles. The number of hydrogen-bond acceptors (Lipinski definition) is 0. The molecule has 1 aliphatic carbocycles. The van der Waals surface area contributed by atoms with Gasteiger partial charge in [0.2, 0.25) is 0 Å². The minimum atomic E-state index is 0. The minimum absolute atomic E-state index is 0. The topological polar surface area (TPSA) is 0 Å². The van der Waals surface area contributed by atoms with Crippen molar-refractivity contribution in [2.45, 2.75) is 13.8 Å². The van der Waals surface area contributed by atoms with Crippen LogP contribution in [0.5, 0.6) is 0 Å². The fourth-order valence-corrected chi connectivity index (χ4v) is 1.39. The van der Waals surface area contributed by atoms with Gasteiger partial charge in [-0.1, -0.05) is 7.43 Å². The summed E-state index contributed by atoms with van der Waals surface area (Å²) in [5, 5.41) is 0. The summed E-state index contributed by atoms with van der Waals surface area (Å²) < 4.78 is 0. The third-order valence-electron chi connectivity index (χ3n) is 2.40. The molecule has 0 unspecified atom stereocenters. The SMILES string of the molecule is C.[C-]1=CC=C[C-]=CC[C-]=CC=C1.[CH-]=CC=C[C-]=Cc1[c-]cccc1.[Y+3].[Y+3]. The molecule has 0 bridgehead atoms. The summed E-state index contributed by atoms with van der Waals surface area (Å²) in [6.07, 6.45) is 32.7. The Morgan fingerprint density at radius 3 is 2.54 bits per heavy atom. The van der Waals surface area contributed by atoms with Crippen LogP contribution in [0.2, 0.25) is 0 Å². The molecule has 1 aliphatic rings. The van der Waals surface area contributed by atoms with Gasteiger partial charge < -0.3 is 0 Å². The number of allylic oxidation sites excluding steroid dienone is 14. The molecule has 0 nitrogen and oxygen atoms in total. The van der Waals surface area contributed by atoms with Crippen LogP contribution < -0.4 is 0 Å². The Kier molecular flexibility index (Phi) is 28.2. The first-order valence-electron chi connectivity index (χ1n) is 7.23. The van der Waals surface area contributed by atoms with Crippen LogP contribution in [0.4, 0.5) is 0 Å². The zero-order chi connectivity index (χ0) is 16.4. The van der Waals surface area contributed by atoms with Crippen LogP contribution in [0, 0.1) is 36.9 Å². The third-order valence-corrected chi connectivity index (χ3v) is 2.40. The van der Waals surface area contributed by atoms with Crippen molar-refractivity contribution < 1.29 is 65.4 Å². The second-order valence-electron chi connectivity index (χ2n) is 4.18. The minimum Gasteiger partial charge on any atom is -0.287 e. The first-order chi connectivity index (χ1) is 11.4. The normalized spacial score (nSPS) is 12.2. The van der Waals surface area contributed by atoms with Crippen molar-refractivity contribution in [3.63, 3.8) is 0 Å². The second kappa shape index (κ2) is 24.3. The molecule has 1 aromatic rings. The van der Waals surface area contributed by atoms with Gasteiger partial charge in [-0.25, -0.2) is 54.7 Å². The molecule has 0 fully saturated rings. The van der Waals surface area contributed by atoms with E-state index in [0.717, 1.165) is 12.0 Å². The molecule has 0 saturated carbocycles. The van der Waals surface area contributed by atoms with Gasteiger partial charge >= 0.3 is 65.4 Å². The second-order valence-corrected chi connectivity index (χ2v) is 4.18. The number of benzene rings is 1. The van der Waals surface area contributed by atoms with Gasteiger partial charge in [-0.2, -0.15) is 42.5 Å². The summed E-state index contributed by atoms with van der Waals surface area (Å²) in [5.41, 5.74) is 1.01. The van der Waals surface area contributed by atoms with E-state index in [0.29, 0.717) is 0 Å². The van der Waals surface area contributed by atoms with E-state index in [1.807, 2.05) is 72.9 Å². The first-order valence-corrected chi connectivity index (χ1v) is 7.23. The monoisotopic (exact) mass is 488 g/mol. The average Bonchev–Trinajstić information content (AvgIpc) is 2.67. The molecule has 0 N–H and O–H groups in total. The number of hydrogen-bond donors (Lipinski definition) is 0. The van der Waals surface area contributed by atoms with E-state index in [1.165, 1.54) is 6.08 Å². The Morgan fingerprint density at radius 1 is 1.04 bits per heavy atom. The summed E-state index contributed by atoms with van der Waals surface area (Å²) >= 11 is 0. The van der Waals surface area contributed by atoms with Gasteiger partial charge in [0, 0.05) is 0 Å². The van der Waals surface area contributed by atoms with E-state index >= 15 is 0 Å². The predicted octanol–water partition coefficient (Wildman–Crippen LogP) is 6.06. The summed E-state index contributed by atoms with van der Waals surface area (Å²) in [6, 6.07) is 10.8. The predicted molar refractivity (Wildman–Crippen MR) is 104 cm³/mol. The largest absolute Gasteiger partial charge is 3.00 e. The molecule has 0 heterocycles. The maximum Gasteiger partial charge on any atom is 3.00 e. The summed E-state index contributed by atoms with van der Waals surface area (Å²) in [4.78, 5) is 0. The molecule has 26 heavy (non-hydrogen) atoms. The molecule has 0 spiro atoms. The maximum absolute atomic E-state index is 5.13. The molecule has 2 heteroatoms. The molecule has 0 saturated heterocycles. The van der Waals surface area contributed by atoms with Crippen LogP contribution in [0.15, 0.2) is 85.0 Å². The van der Waals surface area contributed by atoms with Crippen molar-refractivity contribution in [3.05, 3.63) is 128 Å². The molecule has 124 valence electrons.